The standard InChI is InChI=1S/C15H25N3O/c19-15(7-13-17-11-5-6-12-17)16-8-14-18-9-3-1-2-4-10-18/h5-6,11-12H,1-4,7-10,13-14H2,(H,16,19). The van der Waals surface area contributed by atoms with Crippen LogP contribution >= 0.6 is 0 Å². The molecule has 1 N–H and O–H groups in total. The van der Waals surface area contributed by atoms with Crippen LogP contribution in [-0.2, 0) is 11.3 Å². The van der Waals surface area contributed by atoms with Crippen LogP contribution in [0.1, 0.15) is 32.1 Å². The Labute approximate surface area is 115 Å². The number of aryl methyl sites for hydroxylation is 1. The van der Waals surface area contributed by atoms with E-state index in [2.05, 4.69) is 10.2 Å². The van der Waals surface area contributed by atoms with Gasteiger partial charge in [-0.2, -0.15) is 0 Å². The third kappa shape index (κ3) is 5.47. The monoisotopic (exact) mass is 263 g/mol. The van der Waals surface area contributed by atoms with E-state index in [1.807, 2.05) is 29.1 Å². The third-order valence-electron chi connectivity index (χ3n) is 3.71. The molecular formula is C15H25N3O. The van der Waals surface area contributed by atoms with Gasteiger partial charge >= 0.3 is 0 Å². The van der Waals surface area contributed by atoms with E-state index in [1.54, 1.807) is 0 Å². The van der Waals surface area contributed by atoms with Crippen LogP contribution in [-0.4, -0.2) is 41.6 Å². The Morgan fingerprint density at radius 1 is 1.00 bits per heavy atom. The van der Waals surface area contributed by atoms with Crippen molar-refractivity contribution in [1.29, 1.82) is 0 Å². The normalized spacial score (nSPS) is 17.1. The molecule has 0 atom stereocenters. The molecule has 4 heteroatoms. The number of nitrogens with zero attached hydrogens (tertiary/aromatic N) is 2. The van der Waals surface area contributed by atoms with Gasteiger partial charge in [0.25, 0.3) is 0 Å². The first-order chi connectivity index (χ1) is 9.34. The SMILES string of the molecule is O=C(CCn1cccc1)NCCN1CCCCCC1. The Morgan fingerprint density at radius 3 is 2.37 bits per heavy atom. The second-order valence-electron chi connectivity index (χ2n) is 5.28. The second kappa shape index (κ2) is 8.00. The lowest BCUT2D eigenvalue weighted by atomic mass is 10.2. The summed E-state index contributed by atoms with van der Waals surface area (Å²) in [4.78, 5) is 14.2. The lowest BCUT2D eigenvalue weighted by molar-refractivity contribution is -0.121. The first-order valence-corrected chi connectivity index (χ1v) is 7.44. The Kier molecular flexibility index (Phi) is 5.95. The first kappa shape index (κ1) is 14.1. The summed E-state index contributed by atoms with van der Waals surface area (Å²) in [7, 11) is 0. The summed E-state index contributed by atoms with van der Waals surface area (Å²) < 4.78 is 2.04. The number of amides is 1. The molecule has 0 radical (unpaired) electrons. The molecule has 1 aromatic rings. The van der Waals surface area contributed by atoms with E-state index < -0.39 is 0 Å². The Bertz CT molecular complexity index is 353. The zero-order chi connectivity index (χ0) is 13.3. The van der Waals surface area contributed by atoms with E-state index in [-0.39, 0.29) is 5.91 Å². The molecule has 0 bridgehead atoms. The average molecular weight is 263 g/mol. The highest BCUT2D eigenvalue weighted by atomic mass is 16.1. The van der Waals surface area contributed by atoms with Crippen LogP contribution in [0.5, 0.6) is 0 Å². The van der Waals surface area contributed by atoms with E-state index in [0.717, 1.165) is 19.6 Å². The molecule has 4 nitrogen and oxygen atoms in total. The van der Waals surface area contributed by atoms with Crippen LogP contribution in [0.15, 0.2) is 24.5 Å². The quantitative estimate of drug-likeness (QED) is 0.851. The van der Waals surface area contributed by atoms with Crippen molar-refractivity contribution in [2.75, 3.05) is 26.2 Å². The van der Waals surface area contributed by atoms with Gasteiger partial charge in [0.1, 0.15) is 0 Å². The molecule has 2 rings (SSSR count). The van der Waals surface area contributed by atoms with Gasteiger partial charge in [-0.15, -0.1) is 0 Å². The molecule has 19 heavy (non-hydrogen) atoms. The topological polar surface area (TPSA) is 37.3 Å². The van der Waals surface area contributed by atoms with Gasteiger partial charge in [-0.05, 0) is 38.1 Å². The molecule has 0 unspecified atom stereocenters. The number of nitrogens with one attached hydrogen (secondary N) is 1. The largest absolute Gasteiger partial charge is 0.355 e. The van der Waals surface area contributed by atoms with Gasteiger partial charge in [0.15, 0.2) is 0 Å². The van der Waals surface area contributed by atoms with E-state index >= 15 is 0 Å². The zero-order valence-electron chi connectivity index (χ0n) is 11.7. The van der Waals surface area contributed by atoms with E-state index in [9.17, 15) is 4.79 Å². The van der Waals surface area contributed by atoms with Gasteiger partial charge in [0, 0.05) is 38.4 Å². The van der Waals surface area contributed by atoms with Crippen LogP contribution in [0.3, 0.4) is 0 Å². The van der Waals surface area contributed by atoms with Crippen molar-refractivity contribution in [3.05, 3.63) is 24.5 Å². The summed E-state index contributed by atoms with van der Waals surface area (Å²) in [6, 6.07) is 3.97. The average Bonchev–Trinajstić information content (AvgIpc) is 2.80. The zero-order valence-corrected chi connectivity index (χ0v) is 11.7. The minimum Gasteiger partial charge on any atom is -0.355 e. The number of aromatic nitrogens is 1. The van der Waals surface area contributed by atoms with E-state index in [1.165, 1.54) is 38.8 Å². The first-order valence-electron chi connectivity index (χ1n) is 7.44. The maximum atomic E-state index is 11.7. The number of hydrogen-bond donors (Lipinski definition) is 1. The van der Waals surface area contributed by atoms with Crippen LogP contribution in [0.4, 0.5) is 0 Å². The van der Waals surface area contributed by atoms with Gasteiger partial charge in [0.05, 0.1) is 0 Å². The van der Waals surface area contributed by atoms with Crippen molar-refractivity contribution in [3.8, 4) is 0 Å². The maximum Gasteiger partial charge on any atom is 0.221 e. The summed E-state index contributed by atoms with van der Waals surface area (Å²) in [5, 5.41) is 3.02. The van der Waals surface area contributed by atoms with Crippen molar-refractivity contribution >= 4 is 5.91 Å². The van der Waals surface area contributed by atoms with Crippen molar-refractivity contribution < 1.29 is 4.79 Å². The van der Waals surface area contributed by atoms with Crippen molar-refractivity contribution in [2.45, 2.75) is 38.6 Å². The van der Waals surface area contributed by atoms with E-state index in [0.29, 0.717) is 6.42 Å². The Balaban J connectivity index is 1.55. The highest BCUT2D eigenvalue weighted by Crippen LogP contribution is 2.08. The van der Waals surface area contributed by atoms with Gasteiger partial charge in [-0.25, -0.2) is 0 Å². The molecule has 2 heterocycles. The lowest BCUT2D eigenvalue weighted by Gasteiger charge is -2.19. The fourth-order valence-electron chi connectivity index (χ4n) is 2.55. The van der Waals surface area contributed by atoms with Crippen molar-refractivity contribution in [3.63, 3.8) is 0 Å². The molecule has 1 saturated heterocycles. The number of likely N-dealkylation sites (tertiary alicyclic amines) is 1. The number of carbonyl (C=O) groups is 1. The number of rotatable bonds is 6. The molecule has 1 aliphatic rings. The van der Waals surface area contributed by atoms with Gasteiger partial charge in [-0.1, -0.05) is 12.8 Å². The van der Waals surface area contributed by atoms with Crippen LogP contribution in [0.25, 0.3) is 0 Å². The molecule has 0 aromatic carbocycles. The fraction of sp³-hybridized carbons (Fsp3) is 0.667. The third-order valence-corrected chi connectivity index (χ3v) is 3.71. The molecular weight excluding hydrogens is 238 g/mol. The van der Waals surface area contributed by atoms with Crippen molar-refractivity contribution in [1.82, 2.24) is 14.8 Å². The second-order valence-corrected chi connectivity index (χ2v) is 5.28. The maximum absolute atomic E-state index is 11.7. The minimum absolute atomic E-state index is 0.156. The number of hydrogen-bond acceptors (Lipinski definition) is 2. The van der Waals surface area contributed by atoms with Gasteiger partial charge < -0.3 is 14.8 Å². The van der Waals surface area contributed by atoms with E-state index in [4.69, 9.17) is 0 Å². The number of carbonyl (C=O) groups excluding carboxylic acids is 1. The summed E-state index contributed by atoms with van der Waals surface area (Å²) in [5.41, 5.74) is 0. The summed E-state index contributed by atoms with van der Waals surface area (Å²) in [6.07, 6.45) is 9.88. The molecule has 1 fully saturated rings. The molecule has 1 aromatic heterocycles. The molecule has 1 amide bonds. The predicted molar refractivity (Wildman–Crippen MR) is 77.0 cm³/mol. The Morgan fingerprint density at radius 2 is 1.68 bits per heavy atom. The van der Waals surface area contributed by atoms with Crippen LogP contribution in [0, 0.1) is 0 Å². The molecule has 0 aliphatic carbocycles. The molecule has 1 aliphatic heterocycles. The van der Waals surface area contributed by atoms with Crippen LogP contribution in [0.2, 0.25) is 0 Å². The highest BCUT2D eigenvalue weighted by molar-refractivity contribution is 5.75. The van der Waals surface area contributed by atoms with Gasteiger partial charge in [0.2, 0.25) is 5.91 Å². The Hall–Kier alpha value is -1.29. The smallest absolute Gasteiger partial charge is 0.221 e. The lowest BCUT2D eigenvalue weighted by Crippen LogP contribution is -2.35. The van der Waals surface area contributed by atoms with Crippen molar-refractivity contribution in [2.24, 2.45) is 0 Å². The minimum atomic E-state index is 0.156. The molecule has 0 saturated carbocycles. The summed E-state index contributed by atoms with van der Waals surface area (Å²) in [5.74, 6) is 0.156. The molecule has 106 valence electrons. The van der Waals surface area contributed by atoms with Gasteiger partial charge in [-0.3, -0.25) is 4.79 Å². The van der Waals surface area contributed by atoms with Crippen LogP contribution < -0.4 is 5.32 Å². The highest BCUT2D eigenvalue weighted by Gasteiger charge is 2.08. The summed E-state index contributed by atoms with van der Waals surface area (Å²) in [6.45, 7) is 4.93. The fourth-order valence-corrected chi connectivity index (χ4v) is 2.55. The predicted octanol–water partition coefficient (Wildman–Crippen LogP) is 1.87. The summed E-state index contributed by atoms with van der Waals surface area (Å²) >= 11 is 0. The molecule has 0 spiro atoms.